The van der Waals surface area contributed by atoms with Gasteiger partial charge in [-0.1, -0.05) is 12.1 Å². The van der Waals surface area contributed by atoms with E-state index in [1.807, 2.05) is 37.2 Å². The number of amides is 2. The SMILES string of the molecule is COc1c(C)c(O)cc(O)c1C(=O)N1CCc2ccc(NC(=O)/C=C/CN(C)C)cc2C1. The Bertz CT molecular complexity index is 1060. The lowest BCUT2D eigenvalue weighted by atomic mass is 9.97. The number of benzene rings is 2. The van der Waals surface area contributed by atoms with Gasteiger partial charge >= 0.3 is 0 Å². The van der Waals surface area contributed by atoms with Gasteiger partial charge in [-0.2, -0.15) is 0 Å². The highest BCUT2D eigenvalue weighted by Crippen LogP contribution is 2.38. The number of phenols is 2. The van der Waals surface area contributed by atoms with Crippen LogP contribution in [0.4, 0.5) is 5.69 Å². The molecule has 0 spiro atoms. The molecule has 0 unspecified atom stereocenters. The van der Waals surface area contributed by atoms with E-state index in [4.69, 9.17) is 4.74 Å². The van der Waals surface area contributed by atoms with Crippen molar-refractivity contribution in [1.29, 1.82) is 0 Å². The van der Waals surface area contributed by atoms with Gasteiger partial charge in [-0.15, -0.1) is 0 Å². The molecule has 32 heavy (non-hydrogen) atoms. The molecule has 0 radical (unpaired) electrons. The quantitative estimate of drug-likeness (QED) is 0.598. The number of carbonyl (C=O) groups is 2. The van der Waals surface area contributed by atoms with E-state index in [2.05, 4.69) is 5.32 Å². The van der Waals surface area contributed by atoms with Crippen molar-refractivity contribution >= 4 is 17.5 Å². The van der Waals surface area contributed by atoms with Crippen LogP contribution in [0.1, 0.15) is 27.0 Å². The minimum Gasteiger partial charge on any atom is -0.507 e. The molecule has 0 saturated carbocycles. The number of hydrogen-bond donors (Lipinski definition) is 3. The van der Waals surface area contributed by atoms with Gasteiger partial charge in [-0.25, -0.2) is 0 Å². The van der Waals surface area contributed by atoms with Gasteiger partial charge in [0.15, 0.2) is 0 Å². The zero-order valence-corrected chi connectivity index (χ0v) is 18.8. The van der Waals surface area contributed by atoms with Gasteiger partial charge in [-0.05, 0) is 50.7 Å². The van der Waals surface area contributed by atoms with Crippen LogP contribution in [0, 0.1) is 6.92 Å². The predicted molar refractivity (Wildman–Crippen MR) is 122 cm³/mol. The van der Waals surface area contributed by atoms with Gasteiger partial charge < -0.3 is 30.1 Å². The number of nitrogens with zero attached hydrogens (tertiary/aromatic N) is 2. The molecule has 2 aromatic carbocycles. The van der Waals surface area contributed by atoms with Crippen LogP contribution < -0.4 is 10.1 Å². The number of ether oxygens (including phenoxy) is 1. The fraction of sp³-hybridized carbons (Fsp3) is 0.333. The molecule has 1 aliphatic rings. The Morgan fingerprint density at radius 2 is 1.94 bits per heavy atom. The summed E-state index contributed by atoms with van der Waals surface area (Å²) in [5.41, 5.74) is 3.10. The van der Waals surface area contributed by atoms with Gasteiger partial charge in [0.1, 0.15) is 22.8 Å². The van der Waals surface area contributed by atoms with Crippen molar-refractivity contribution in [2.45, 2.75) is 19.9 Å². The maximum Gasteiger partial charge on any atom is 0.261 e. The minimum atomic E-state index is -0.380. The average molecular weight is 440 g/mol. The van der Waals surface area contributed by atoms with Gasteiger partial charge in [0.2, 0.25) is 5.91 Å². The molecule has 8 nitrogen and oxygen atoms in total. The van der Waals surface area contributed by atoms with E-state index in [-0.39, 0.29) is 34.6 Å². The molecule has 0 aromatic heterocycles. The summed E-state index contributed by atoms with van der Waals surface area (Å²) < 4.78 is 5.30. The Hall–Kier alpha value is -3.52. The van der Waals surface area contributed by atoms with Crippen LogP contribution in [0.25, 0.3) is 0 Å². The lowest BCUT2D eigenvalue weighted by Crippen LogP contribution is -2.36. The second-order valence-electron chi connectivity index (χ2n) is 8.06. The summed E-state index contributed by atoms with van der Waals surface area (Å²) in [5, 5.41) is 23.1. The van der Waals surface area contributed by atoms with Crippen LogP contribution in [0.3, 0.4) is 0 Å². The van der Waals surface area contributed by atoms with Gasteiger partial charge in [-0.3, -0.25) is 9.59 Å². The Morgan fingerprint density at radius 1 is 1.19 bits per heavy atom. The molecule has 1 aliphatic heterocycles. The number of fused-ring (bicyclic) bond motifs is 1. The first-order valence-electron chi connectivity index (χ1n) is 10.3. The summed E-state index contributed by atoms with van der Waals surface area (Å²) in [7, 11) is 5.24. The molecule has 8 heteroatoms. The molecule has 2 amide bonds. The standard InChI is InChI=1S/C24H29N3O5/c1-15-19(28)13-20(29)22(23(15)32-4)24(31)27-11-9-16-7-8-18(12-17(16)14-27)25-21(30)6-5-10-26(2)3/h5-8,12-13,28-29H,9-11,14H2,1-4H3,(H,25,30)/b6-5+. The number of likely N-dealkylation sites (N-methyl/N-ethyl adjacent to an activating group) is 1. The van der Waals surface area contributed by atoms with Gasteiger partial charge in [0.25, 0.3) is 5.91 Å². The molecule has 170 valence electrons. The molecule has 0 aliphatic carbocycles. The highest BCUT2D eigenvalue weighted by molar-refractivity contribution is 6.01. The Labute approximate surface area is 187 Å². The summed E-state index contributed by atoms with van der Waals surface area (Å²) in [6.07, 6.45) is 3.93. The summed E-state index contributed by atoms with van der Waals surface area (Å²) in [6.45, 7) is 3.10. The van der Waals surface area contributed by atoms with Crippen molar-refractivity contribution in [3.05, 3.63) is 58.7 Å². The van der Waals surface area contributed by atoms with Gasteiger partial charge in [0.05, 0.1) is 7.11 Å². The number of anilines is 1. The number of methoxy groups -OCH3 is 1. The molecule has 3 rings (SSSR count). The first-order valence-corrected chi connectivity index (χ1v) is 10.3. The van der Waals surface area contributed by atoms with E-state index >= 15 is 0 Å². The zero-order chi connectivity index (χ0) is 23.4. The van der Waals surface area contributed by atoms with Crippen LogP contribution in [0.15, 0.2) is 36.4 Å². The van der Waals surface area contributed by atoms with Crippen LogP contribution in [0.5, 0.6) is 17.2 Å². The smallest absolute Gasteiger partial charge is 0.261 e. The lowest BCUT2D eigenvalue weighted by Gasteiger charge is -2.30. The largest absolute Gasteiger partial charge is 0.507 e. The van der Waals surface area contributed by atoms with E-state index < -0.39 is 0 Å². The highest BCUT2D eigenvalue weighted by atomic mass is 16.5. The maximum absolute atomic E-state index is 13.2. The van der Waals surface area contributed by atoms with Crippen molar-refractivity contribution < 1.29 is 24.5 Å². The number of carbonyl (C=O) groups excluding carboxylic acids is 2. The molecule has 0 saturated heterocycles. The molecule has 3 N–H and O–H groups in total. The zero-order valence-electron chi connectivity index (χ0n) is 18.8. The van der Waals surface area contributed by atoms with E-state index in [1.54, 1.807) is 17.9 Å². The third-order valence-electron chi connectivity index (χ3n) is 5.41. The summed E-state index contributed by atoms with van der Waals surface area (Å²) in [4.78, 5) is 29.0. The van der Waals surface area contributed by atoms with Crippen LogP contribution in [0.2, 0.25) is 0 Å². The van der Waals surface area contributed by atoms with Crippen molar-refractivity contribution in [2.75, 3.05) is 39.6 Å². The molecular formula is C24H29N3O5. The average Bonchev–Trinajstić information content (AvgIpc) is 2.74. The third-order valence-corrected chi connectivity index (χ3v) is 5.41. The predicted octanol–water partition coefficient (Wildman–Crippen LogP) is 2.67. The summed E-state index contributed by atoms with van der Waals surface area (Å²) in [6, 6.07) is 6.83. The normalized spacial score (nSPS) is 13.3. The second kappa shape index (κ2) is 9.74. The lowest BCUT2D eigenvalue weighted by molar-refractivity contribution is -0.111. The third kappa shape index (κ3) is 5.03. The number of phenolic OH excluding ortho intramolecular Hbond substituents is 2. The molecule has 1 heterocycles. The summed E-state index contributed by atoms with van der Waals surface area (Å²) >= 11 is 0. The fourth-order valence-electron chi connectivity index (χ4n) is 3.71. The number of rotatable bonds is 6. The number of nitrogens with one attached hydrogen (secondary N) is 1. The topological polar surface area (TPSA) is 102 Å². The van der Waals surface area contributed by atoms with Crippen LogP contribution in [-0.2, 0) is 17.8 Å². The molecule has 0 bridgehead atoms. The number of aromatic hydroxyl groups is 2. The molecule has 0 atom stereocenters. The first kappa shape index (κ1) is 23.1. The van der Waals surface area contributed by atoms with E-state index in [1.165, 1.54) is 13.2 Å². The Kier molecular flexibility index (Phi) is 7.05. The summed E-state index contributed by atoms with van der Waals surface area (Å²) in [5.74, 6) is -0.908. The van der Waals surface area contributed by atoms with E-state index in [0.29, 0.717) is 37.3 Å². The molecule has 0 fully saturated rings. The minimum absolute atomic E-state index is 0.0294. The number of hydrogen-bond acceptors (Lipinski definition) is 6. The van der Waals surface area contributed by atoms with Gasteiger partial charge in [0, 0.05) is 43.0 Å². The van der Waals surface area contributed by atoms with Crippen LogP contribution >= 0.6 is 0 Å². The second-order valence-corrected chi connectivity index (χ2v) is 8.06. The Balaban J connectivity index is 1.79. The van der Waals surface area contributed by atoms with E-state index in [0.717, 1.165) is 17.2 Å². The monoisotopic (exact) mass is 439 g/mol. The van der Waals surface area contributed by atoms with Crippen molar-refractivity contribution in [3.8, 4) is 17.2 Å². The highest BCUT2D eigenvalue weighted by Gasteiger charge is 2.28. The Morgan fingerprint density at radius 3 is 2.62 bits per heavy atom. The van der Waals surface area contributed by atoms with Crippen molar-refractivity contribution in [1.82, 2.24) is 9.80 Å². The molecular weight excluding hydrogens is 410 g/mol. The van der Waals surface area contributed by atoms with Crippen LogP contribution in [-0.4, -0.2) is 66.1 Å². The van der Waals surface area contributed by atoms with Crippen molar-refractivity contribution in [2.24, 2.45) is 0 Å². The van der Waals surface area contributed by atoms with Crippen molar-refractivity contribution in [3.63, 3.8) is 0 Å². The fourth-order valence-corrected chi connectivity index (χ4v) is 3.71. The maximum atomic E-state index is 13.2. The van der Waals surface area contributed by atoms with E-state index in [9.17, 15) is 19.8 Å². The first-order chi connectivity index (χ1) is 15.2. The molecule has 2 aromatic rings.